The highest BCUT2D eigenvalue weighted by Crippen LogP contribution is 2.24. The van der Waals surface area contributed by atoms with Gasteiger partial charge in [0.15, 0.2) is 5.96 Å². The van der Waals surface area contributed by atoms with Crippen LogP contribution in [-0.2, 0) is 12.0 Å². The molecule has 2 rings (SSSR count). The maximum Gasteiger partial charge on any atom is 0.194 e. The molecule has 0 bridgehead atoms. The largest absolute Gasteiger partial charge is 0.357 e. The van der Waals surface area contributed by atoms with Gasteiger partial charge in [0.1, 0.15) is 5.01 Å². The number of hydrogen-bond donors (Lipinski definition) is 1. The molecule has 0 aromatic carbocycles. The van der Waals surface area contributed by atoms with Crippen LogP contribution in [0.2, 0.25) is 0 Å². The zero-order valence-corrected chi connectivity index (χ0v) is 13.9. The Morgan fingerprint density at radius 3 is 2.65 bits per heavy atom. The Kier molecular flexibility index (Phi) is 5.02. The lowest BCUT2D eigenvalue weighted by molar-refractivity contribution is 0.493. The minimum absolute atomic E-state index is 0.123. The van der Waals surface area contributed by atoms with Crippen molar-refractivity contribution in [2.24, 2.45) is 4.99 Å². The Morgan fingerprint density at radius 1 is 1.40 bits per heavy atom. The number of rotatable bonds is 3. The number of nitrogens with zero attached hydrogens (tertiary/aromatic N) is 3. The van der Waals surface area contributed by atoms with Gasteiger partial charge < -0.3 is 10.2 Å². The number of hydrogen-bond acceptors (Lipinski definition) is 3. The van der Waals surface area contributed by atoms with Gasteiger partial charge in [-0.15, -0.1) is 11.3 Å². The van der Waals surface area contributed by atoms with Crippen LogP contribution in [0.1, 0.15) is 51.2 Å². The molecule has 0 saturated carbocycles. The van der Waals surface area contributed by atoms with Gasteiger partial charge in [0, 0.05) is 30.4 Å². The third-order valence-corrected chi connectivity index (χ3v) is 4.26. The Balaban J connectivity index is 2.03. The maximum atomic E-state index is 4.74. The summed E-state index contributed by atoms with van der Waals surface area (Å²) < 4.78 is 0. The van der Waals surface area contributed by atoms with E-state index in [9.17, 15) is 0 Å². The van der Waals surface area contributed by atoms with E-state index in [1.807, 2.05) is 0 Å². The molecule has 1 aromatic rings. The minimum atomic E-state index is 0.123. The Hall–Kier alpha value is -1.10. The van der Waals surface area contributed by atoms with Crippen molar-refractivity contribution in [1.82, 2.24) is 15.2 Å². The topological polar surface area (TPSA) is 40.5 Å². The number of likely N-dealkylation sites (tertiary alicyclic amines) is 1. The summed E-state index contributed by atoms with van der Waals surface area (Å²) in [5.74, 6) is 1.04. The van der Waals surface area contributed by atoms with E-state index in [1.165, 1.54) is 18.5 Å². The fraction of sp³-hybridized carbons (Fsp3) is 0.733. The zero-order valence-electron chi connectivity index (χ0n) is 13.1. The van der Waals surface area contributed by atoms with E-state index in [0.717, 1.165) is 30.6 Å². The smallest absolute Gasteiger partial charge is 0.194 e. The predicted molar refractivity (Wildman–Crippen MR) is 86.4 cm³/mol. The number of thiazole rings is 1. The molecular formula is C15H26N4S. The van der Waals surface area contributed by atoms with Gasteiger partial charge in [0.05, 0.1) is 12.2 Å². The van der Waals surface area contributed by atoms with E-state index in [-0.39, 0.29) is 5.41 Å². The molecule has 0 radical (unpaired) electrons. The van der Waals surface area contributed by atoms with E-state index in [4.69, 9.17) is 9.98 Å². The first kappa shape index (κ1) is 15.3. The van der Waals surface area contributed by atoms with Crippen LogP contribution in [0.15, 0.2) is 10.4 Å². The van der Waals surface area contributed by atoms with E-state index in [0.29, 0.717) is 6.54 Å². The molecule has 1 aromatic heterocycles. The van der Waals surface area contributed by atoms with Gasteiger partial charge in [0.2, 0.25) is 0 Å². The molecule has 0 amide bonds. The summed E-state index contributed by atoms with van der Waals surface area (Å²) >= 11 is 1.71. The average Bonchev–Trinajstić information content (AvgIpc) is 3.04. The standard InChI is InChI=1S/C15H26N4S/c1-5-16-14(19-8-6-7-9-19)17-10-13-18-12(11-20-13)15(2,3)4/h11H,5-10H2,1-4H3,(H,16,17). The van der Waals surface area contributed by atoms with Gasteiger partial charge in [-0.2, -0.15) is 0 Å². The van der Waals surface area contributed by atoms with Crippen molar-refractivity contribution in [2.45, 2.75) is 52.5 Å². The van der Waals surface area contributed by atoms with Crippen LogP contribution in [0.4, 0.5) is 0 Å². The van der Waals surface area contributed by atoms with Crippen LogP contribution in [0.3, 0.4) is 0 Å². The molecule has 0 spiro atoms. The lowest BCUT2D eigenvalue weighted by atomic mass is 9.93. The molecular weight excluding hydrogens is 268 g/mol. The van der Waals surface area contributed by atoms with Crippen LogP contribution in [-0.4, -0.2) is 35.5 Å². The van der Waals surface area contributed by atoms with Crippen LogP contribution in [0.5, 0.6) is 0 Å². The molecule has 0 unspecified atom stereocenters. The summed E-state index contributed by atoms with van der Waals surface area (Å²) in [4.78, 5) is 11.8. The van der Waals surface area contributed by atoms with Crippen molar-refractivity contribution in [3.05, 3.63) is 16.1 Å². The van der Waals surface area contributed by atoms with Gasteiger partial charge in [-0.05, 0) is 19.8 Å². The quantitative estimate of drug-likeness (QED) is 0.688. The summed E-state index contributed by atoms with van der Waals surface area (Å²) in [7, 11) is 0. The summed E-state index contributed by atoms with van der Waals surface area (Å²) in [6.07, 6.45) is 2.55. The summed E-state index contributed by atoms with van der Waals surface area (Å²) in [5.41, 5.74) is 1.29. The van der Waals surface area contributed by atoms with Crippen molar-refractivity contribution < 1.29 is 0 Å². The maximum absolute atomic E-state index is 4.74. The number of nitrogens with one attached hydrogen (secondary N) is 1. The number of aromatic nitrogens is 1. The predicted octanol–water partition coefficient (Wildman–Crippen LogP) is 3.00. The monoisotopic (exact) mass is 294 g/mol. The molecule has 1 fully saturated rings. The van der Waals surface area contributed by atoms with Crippen molar-refractivity contribution in [1.29, 1.82) is 0 Å². The van der Waals surface area contributed by atoms with E-state index >= 15 is 0 Å². The molecule has 5 heteroatoms. The van der Waals surface area contributed by atoms with Crippen molar-refractivity contribution in [3.8, 4) is 0 Å². The molecule has 4 nitrogen and oxygen atoms in total. The zero-order chi connectivity index (χ0) is 14.6. The third kappa shape index (κ3) is 3.95. The van der Waals surface area contributed by atoms with E-state index < -0.39 is 0 Å². The number of guanidine groups is 1. The Labute approximate surface area is 126 Å². The van der Waals surface area contributed by atoms with Crippen molar-refractivity contribution in [2.75, 3.05) is 19.6 Å². The molecule has 1 aliphatic rings. The van der Waals surface area contributed by atoms with E-state index in [2.05, 4.69) is 43.3 Å². The Bertz CT molecular complexity index is 453. The van der Waals surface area contributed by atoms with Crippen LogP contribution in [0.25, 0.3) is 0 Å². The molecule has 1 N–H and O–H groups in total. The van der Waals surface area contributed by atoms with Crippen LogP contribution in [0, 0.1) is 0 Å². The summed E-state index contributed by atoms with van der Waals surface area (Å²) in [6, 6.07) is 0. The van der Waals surface area contributed by atoms with Crippen LogP contribution < -0.4 is 5.32 Å². The highest BCUT2D eigenvalue weighted by molar-refractivity contribution is 7.09. The van der Waals surface area contributed by atoms with Gasteiger partial charge in [-0.25, -0.2) is 9.98 Å². The second kappa shape index (κ2) is 6.57. The second-order valence-electron chi connectivity index (χ2n) is 6.24. The molecule has 20 heavy (non-hydrogen) atoms. The second-order valence-corrected chi connectivity index (χ2v) is 7.18. The normalized spacial score (nSPS) is 16.8. The SMILES string of the molecule is CCNC(=NCc1nc(C(C)(C)C)cs1)N1CCCC1. The Morgan fingerprint density at radius 2 is 2.10 bits per heavy atom. The fourth-order valence-electron chi connectivity index (χ4n) is 2.23. The first-order chi connectivity index (χ1) is 9.50. The van der Waals surface area contributed by atoms with Gasteiger partial charge >= 0.3 is 0 Å². The average molecular weight is 294 g/mol. The minimum Gasteiger partial charge on any atom is -0.357 e. The van der Waals surface area contributed by atoms with Crippen molar-refractivity contribution >= 4 is 17.3 Å². The molecule has 112 valence electrons. The molecule has 1 aliphatic heterocycles. The fourth-order valence-corrected chi connectivity index (χ4v) is 3.17. The summed E-state index contributed by atoms with van der Waals surface area (Å²) in [6.45, 7) is 12.6. The lowest BCUT2D eigenvalue weighted by Gasteiger charge is -2.20. The van der Waals surface area contributed by atoms with E-state index in [1.54, 1.807) is 11.3 Å². The highest BCUT2D eigenvalue weighted by Gasteiger charge is 2.18. The summed E-state index contributed by atoms with van der Waals surface area (Å²) in [5, 5.41) is 6.65. The highest BCUT2D eigenvalue weighted by atomic mass is 32.1. The lowest BCUT2D eigenvalue weighted by Crippen LogP contribution is -2.39. The van der Waals surface area contributed by atoms with Crippen molar-refractivity contribution in [3.63, 3.8) is 0 Å². The molecule has 0 atom stereocenters. The molecule has 1 saturated heterocycles. The van der Waals surface area contributed by atoms with Gasteiger partial charge in [0.25, 0.3) is 0 Å². The van der Waals surface area contributed by atoms with Gasteiger partial charge in [-0.3, -0.25) is 0 Å². The molecule has 0 aliphatic carbocycles. The first-order valence-corrected chi connectivity index (χ1v) is 8.37. The molecule has 2 heterocycles. The number of aliphatic imine (C=N–C) groups is 1. The first-order valence-electron chi connectivity index (χ1n) is 7.49. The van der Waals surface area contributed by atoms with Crippen LogP contribution >= 0.6 is 11.3 Å². The van der Waals surface area contributed by atoms with Gasteiger partial charge in [-0.1, -0.05) is 20.8 Å². The third-order valence-electron chi connectivity index (χ3n) is 3.42.